The number of aromatic nitrogens is 4. The number of hydrogen-bond donors (Lipinski definition) is 1. The Morgan fingerprint density at radius 3 is 2.52 bits per heavy atom. The number of carbonyl (C=O) groups excluding carboxylic acids is 1. The van der Waals surface area contributed by atoms with Crippen LogP contribution in [0.25, 0.3) is 22.3 Å². The van der Waals surface area contributed by atoms with Crippen LogP contribution in [-0.2, 0) is 10.9 Å². The summed E-state index contributed by atoms with van der Waals surface area (Å²) in [5, 5.41) is 8.74. The smallest absolute Gasteiger partial charge is 0.357 e. The van der Waals surface area contributed by atoms with Crippen LogP contribution in [0.3, 0.4) is 0 Å². The fraction of sp³-hybridized carbons (Fsp3) is 0.379. The minimum absolute atomic E-state index is 0.104. The van der Waals surface area contributed by atoms with Crippen LogP contribution in [0.15, 0.2) is 60.9 Å². The van der Waals surface area contributed by atoms with Crippen molar-refractivity contribution in [3.05, 3.63) is 77.7 Å². The Balaban J connectivity index is 0.000000312. The summed E-state index contributed by atoms with van der Waals surface area (Å²) in [5.41, 5.74) is 3.23. The molecule has 0 aliphatic carbocycles. The molecule has 1 amide bonds. The average molecular weight is 555 g/mol. The van der Waals surface area contributed by atoms with E-state index in [-0.39, 0.29) is 18.2 Å². The zero-order valence-electron chi connectivity index (χ0n) is 22.9. The maximum atomic E-state index is 12.9. The van der Waals surface area contributed by atoms with Gasteiger partial charge in [0.25, 0.3) is 5.91 Å². The summed E-state index contributed by atoms with van der Waals surface area (Å²) >= 11 is 0. The van der Waals surface area contributed by atoms with Gasteiger partial charge in [0.15, 0.2) is 5.65 Å². The van der Waals surface area contributed by atoms with E-state index in [1.54, 1.807) is 23.1 Å². The average Bonchev–Trinajstić information content (AvgIpc) is 3.52. The molecule has 2 atom stereocenters. The van der Waals surface area contributed by atoms with E-state index in [0.29, 0.717) is 17.8 Å². The first-order valence-corrected chi connectivity index (χ1v) is 13.1. The maximum absolute atomic E-state index is 12.9. The van der Waals surface area contributed by atoms with Gasteiger partial charge in [-0.2, -0.15) is 18.3 Å². The first-order chi connectivity index (χ1) is 19.1. The van der Waals surface area contributed by atoms with Gasteiger partial charge in [-0.15, -0.1) is 0 Å². The summed E-state index contributed by atoms with van der Waals surface area (Å²) in [6, 6.07) is 12.3. The van der Waals surface area contributed by atoms with E-state index < -0.39 is 11.7 Å². The molecule has 1 aromatic carbocycles. The minimum atomic E-state index is -4.21. The van der Waals surface area contributed by atoms with Gasteiger partial charge in [0.2, 0.25) is 0 Å². The number of nitrogens with one attached hydrogen (secondary N) is 1. The molecule has 1 N–H and O–H groups in total. The Labute approximate surface area is 231 Å². The monoisotopic (exact) mass is 554 g/mol. The van der Waals surface area contributed by atoms with E-state index in [1.807, 2.05) is 39.0 Å². The van der Waals surface area contributed by atoms with Gasteiger partial charge >= 0.3 is 6.18 Å². The molecule has 0 radical (unpaired) electrons. The Kier molecular flexibility index (Phi) is 9.16. The molecule has 8 nitrogen and oxygen atoms in total. The second-order valence-electron chi connectivity index (χ2n) is 9.71. The van der Waals surface area contributed by atoms with Crippen LogP contribution in [0.5, 0.6) is 0 Å². The van der Waals surface area contributed by atoms with Gasteiger partial charge in [-0.25, -0.2) is 9.67 Å². The minimum Gasteiger partial charge on any atom is -0.357 e. The number of fused-ring (bicyclic) bond motifs is 1. The van der Waals surface area contributed by atoms with Crippen molar-refractivity contribution in [1.82, 2.24) is 30.0 Å². The lowest BCUT2D eigenvalue weighted by Gasteiger charge is -2.13. The number of ether oxygens (including phenoxy) is 1. The number of likely N-dealkylation sites (tertiary alicyclic amines) is 1. The van der Waals surface area contributed by atoms with Crippen LogP contribution in [0.1, 0.15) is 48.1 Å². The second-order valence-corrected chi connectivity index (χ2v) is 9.71. The van der Waals surface area contributed by atoms with E-state index >= 15 is 0 Å². The first kappa shape index (κ1) is 29.2. The summed E-state index contributed by atoms with van der Waals surface area (Å²) in [4.78, 5) is 24.0. The standard InChI is InChI=1S/C22H28N6O2.C7H5F3/c1-5-30-15(3)28-21-19(20(26-28)16-6-8-23-14(2)10-16)11-17(12-24-21)22(29)25-18-7-9-27(4)13-18;8-7(9,10)6-4-2-1-3-5-6/h6,8,10-12,15,18H,5,7,9,13H2,1-4H3,(H,25,29);1-5H. The number of alkyl halides is 3. The third kappa shape index (κ3) is 7.02. The van der Waals surface area contributed by atoms with E-state index in [4.69, 9.17) is 9.84 Å². The summed E-state index contributed by atoms with van der Waals surface area (Å²) < 4.78 is 42.9. The third-order valence-electron chi connectivity index (χ3n) is 6.56. The van der Waals surface area contributed by atoms with Gasteiger partial charge in [-0.05, 0) is 59.0 Å². The molecule has 1 aliphatic heterocycles. The lowest BCUT2D eigenvalue weighted by molar-refractivity contribution is -0.137. The van der Waals surface area contributed by atoms with E-state index in [0.717, 1.165) is 54.0 Å². The van der Waals surface area contributed by atoms with Crippen molar-refractivity contribution in [3.63, 3.8) is 0 Å². The number of carbonyl (C=O) groups is 1. The summed E-state index contributed by atoms with van der Waals surface area (Å²) in [7, 11) is 2.07. The number of aryl methyl sites for hydroxylation is 1. The van der Waals surface area contributed by atoms with Crippen molar-refractivity contribution in [2.45, 2.75) is 45.6 Å². The van der Waals surface area contributed by atoms with Gasteiger partial charge in [0, 0.05) is 48.2 Å². The third-order valence-corrected chi connectivity index (χ3v) is 6.56. The summed E-state index contributed by atoms with van der Waals surface area (Å²) in [6.07, 6.45) is -0.128. The molecule has 0 spiro atoms. The van der Waals surface area contributed by atoms with E-state index in [9.17, 15) is 18.0 Å². The lowest BCUT2D eigenvalue weighted by Crippen LogP contribution is -2.36. The SMILES string of the molecule is CCOC(C)n1nc(-c2ccnc(C)c2)c2cc(C(=O)NC3CCN(C)C3)cnc21.FC(F)(F)c1ccccc1. The highest BCUT2D eigenvalue weighted by Crippen LogP contribution is 2.30. The lowest BCUT2D eigenvalue weighted by atomic mass is 10.1. The van der Waals surface area contributed by atoms with Crippen molar-refractivity contribution in [3.8, 4) is 11.3 Å². The molecule has 4 heterocycles. The molecule has 1 aliphatic rings. The fourth-order valence-corrected chi connectivity index (χ4v) is 4.57. The van der Waals surface area contributed by atoms with Gasteiger partial charge in [-0.1, -0.05) is 30.3 Å². The highest BCUT2D eigenvalue weighted by atomic mass is 19.4. The van der Waals surface area contributed by atoms with Crippen molar-refractivity contribution >= 4 is 16.9 Å². The molecule has 212 valence electrons. The molecular weight excluding hydrogens is 521 g/mol. The van der Waals surface area contributed by atoms with Crippen LogP contribution in [0, 0.1) is 6.92 Å². The number of nitrogens with zero attached hydrogens (tertiary/aromatic N) is 5. The largest absolute Gasteiger partial charge is 0.416 e. The predicted molar refractivity (Wildman–Crippen MR) is 147 cm³/mol. The maximum Gasteiger partial charge on any atom is 0.416 e. The molecule has 1 saturated heterocycles. The van der Waals surface area contributed by atoms with E-state index in [1.165, 1.54) is 12.1 Å². The predicted octanol–water partition coefficient (Wildman–Crippen LogP) is 5.50. The van der Waals surface area contributed by atoms with Crippen LogP contribution in [-0.4, -0.2) is 63.3 Å². The Hall–Kier alpha value is -3.83. The molecule has 4 aromatic rings. The van der Waals surface area contributed by atoms with Crippen LogP contribution in [0.2, 0.25) is 0 Å². The normalized spacial score (nSPS) is 16.4. The number of amides is 1. The molecule has 0 saturated carbocycles. The Morgan fingerprint density at radius 1 is 1.18 bits per heavy atom. The molecule has 2 unspecified atom stereocenters. The molecular formula is C29H33F3N6O2. The van der Waals surface area contributed by atoms with Crippen LogP contribution < -0.4 is 5.32 Å². The molecule has 1 fully saturated rings. The number of halogens is 3. The molecule has 5 rings (SSSR count). The number of pyridine rings is 2. The molecule has 40 heavy (non-hydrogen) atoms. The zero-order chi connectivity index (χ0) is 28.9. The summed E-state index contributed by atoms with van der Waals surface area (Å²) in [5.74, 6) is -0.104. The highest BCUT2D eigenvalue weighted by Gasteiger charge is 2.29. The first-order valence-electron chi connectivity index (χ1n) is 13.1. The number of likely N-dealkylation sites (N-methyl/N-ethyl adjacent to an activating group) is 1. The zero-order valence-corrected chi connectivity index (χ0v) is 22.9. The van der Waals surface area contributed by atoms with Crippen LogP contribution >= 0.6 is 0 Å². The fourth-order valence-electron chi connectivity index (χ4n) is 4.57. The molecule has 11 heteroatoms. The Morgan fingerprint density at radius 2 is 1.93 bits per heavy atom. The topological polar surface area (TPSA) is 85.2 Å². The van der Waals surface area contributed by atoms with E-state index in [2.05, 4.69) is 27.2 Å². The number of rotatable bonds is 6. The van der Waals surface area contributed by atoms with Crippen molar-refractivity contribution in [2.75, 3.05) is 26.7 Å². The molecule has 0 bridgehead atoms. The van der Waals surface area contributed by atoms with Crippen molar-refractivity contribution < 1.29 is 22.7 Å². The Bertz CT molecular complexity index is 1440. The quantitative estimate of drug-likeness (QED) is 0.339. The second kappa shape index (κ2) is 12.6. The van der Waals surface area contributed by atoms with Crippen LogP contribution in [0.4, 0.5) is 13.2 Å². The summed E-state index contributed by atoms with van der Waals surface area (Å²) in [6.45, 7) is 8.27. The van der Waals surface area contributed by atoms with Crippen molar-refractivity contribution in [2.24, 2.45) is 0 Å². The van der Waals surface area contributed by atoms with Gasteiger partial charge in [0.05, 0.1) is 11.1 Å². The van der Waals surface area contributed by atoms with Gasteiger partial charge in [0.1, 0.15) is 11.9 Å². The highest BCUT2D eigenvalue weighted by molar-refractivity contribution is 6.00. The van der Waals surface area contributed by atoms with Gasteiger partial charge < -0.3 is 15.0 Å². The van der Waals surface area contributed by atoms with Crippen molar-refractivity contribution in [1.29, 1.82) is 0 Å². The number of benzene rings is 1. The van der Waals surface area contributed by atoms with Gasteiger partial charge in [-0.3, -0.25) is 9.78 Å². The molecule has 3 aromatic heterocycles. The number of hydrogen-bond acceptors (Lipinski definition) is 6.